The largest absolute Gasteiger partial charge is 0.496 e. The molecule has 0 aromatic heterocycles. The van der Waals surface area contributed by atoms with Crippen LogP contribution in [-0.2, 0) is 11.2 Å². The molecule has 4 N–H and O–H groups in total. The molecule has 9 heteroatoms. The van der Waals surface area contributed by atoms with Gasteiger partial charge in [0.2, 0.25) is 5.91 Å². The molecule has 0 saturated heterocycles. The Morgan fingerprint density at radius 3 is 2.31 bits per heavy atom. The number of ether oxygens (including phenoxy) is 3. The van der Waals surface area contributed by atoms with Crippen LogP contribution < -0.4 is 30.6 Å². The standard InChI is InChI=1S/C20H24ClN3O5/c1-27-16-5-4-12(8-18(16)29-3)6-7-23-19(25)11-24-15-10-17(28-2)13(20(22)26)9-14(15)21/h4-5,8-10,24H,6-7,11H2,1-3H3,(H2,22,26)(H,23,25). The highest BCUT2D eigenvalue weighted by molar-refractivity contribution is 6.33. The first-order valence-electron chi connectivity index (χ1n) is 8.78. The van der Waals surface area contributed by atoms with Gasteiger partial charge in [0, 0.05) is 12.6 Å². The summed E-state index contributed by atoms with van der Waals surface area (Å²) in [6.45, 7) is 0.457. The number of nitrogens with one attached hydrogen (secondary N) is 2. The summed E-state index contributed by atoms with van der Waals surface area (Å²) in [6.07, 6.45) is 0.633. The average Bonchev–Trinajstić information content (AvgIpc) is 2.72. The van der Waals surface area contributed by atoms with Crippen LogP contribution in [0.25, 0.3) is 0 Å². The van der Waals surface area contributed by atoms with Crippen molar-refractivity contribution in [1.82, 2.24) is 5.32 Å². The molecule has 0 radical (unpaired) electrons. The third-order valence-corrected chi connectivity index (χ3v) is 4.49. The van der Waals surface area contributed by atoms with E-state index < -0.39 is 5.91 Å². The van der Waals surface area contributed by atoms with Crippen molar-refractivity contribution in [2.75, 3.05) is 39.7 Å². The molecule has 0 saturated carbocycles. The number of carbonyl (C=O) groups is 2. The molecule has 2 amide bonds. The first-order valence-corrected chi connectivity index (χ1v) is 9.16. The van der Waals surface area contributed by atoms with Crippen LogP contribution in [0.4, 0.5) is 5.69 Å². The minimum Gasteiger partial charge on any atom is -0.496 e. The van der Waals surface area contributed by atoms with Gasteiger partial charge < -0.3 is 30.6 Å². The van der Waals surface area contributed by atoms with E-state index in [0.717, 1.165) is 5.56 Å². The van der Waals surface area contributed by atoms with Crippen LogP contribution in [0.15, 0.2) is 30.3 Å². The Morgan fingerprint density at radius 2 is 1.69 bits per heavy atom. The number of nitrogens with two attached hydrogens (primary N) is 1. The molecule has 0 aliphatic heterocycles. The van der Waals surface area contributed by atoms with E-state index in [4.69, 9.17) is 31.5 Å². The number of anilines is 1. The summed E-state index contributed by atoms with van der Waals surface area (Å²) < 4.78 is 15.6. The van der Waals surface area contributed by atoms with Gasteiger partial charge in [0.25, 0.3) is 5.91 Å². The van der Waals surface area contributed by atoms with Gasteiger partial charge in [-0.1, -0.05) is 17.7 Å². The minimum atomic E-state index is -0.650. The number of primary amides is 1. The van der Waals surface area contributed by atoms with E-state index in [1.807, 2.05) is 18.2 Å². The number of carbonyl (C=O) groups excluding carboxylic acids is 2. The molecule has 0 atom stereocenters. The Balaban J connectivity index is 1.88. The summed E-state index contributed by atoms with van der Waals surface area (Å²) in [5, 5.41) is 6.01. The number of hydrogen-bond donors (Lipinski definition) is 3. The molecule has 2 rings (SSSR count). The molecule has 0 spiro atoms. The third-order valence-electron chi connectivity index (χ3n) is 4.18. The Hall–Kier alpha value is -3.13. The number of methoxy groups -OCH3 is 3. The Bertz CT molecular complexity index is 889. The molecule has 0 unspecified atom stereocenters. The summed E-state index contributed by atoms with van der Waals surface area (Å²) in [7, 11) is 4.57. The molecule has 2 aromatic rings. The third kappa shape index (κ3) is 5.92. The molecular formula is C20H24ClN3O5. The lowest BCUT2D eigenvalue weighted by molar-refractivity contribution is -0.119. The van der Waals surface area contributed by atoms with Gasteiger partial charge in [0.15, 0.2) is 11.5 Å². The molecule has 0 aliphatic rings. The second kappa shape index (κ2) is 10.4. The van der Waals surface area contributed by atoms with Gasteiger partial charge in [-0.25, -0.2) is 0 Å². The second-order valence-electron chi connectivity index (χ2n) is 6.04. The highest BCUT2D eigenvalue weighted by atomic mass is 35.5. The lowest BCUT2D eigenvalue weighted by Gasteiger charge is -2.13. The molecule has 0 fully saturated rings. The Kier molecular flexibility index (Phi) is 7.97. The highest BCUT2D eigenvalue weighted by Gasteiger charge is 2.14. The highest BCUT2D eigenvalue weighted by Crippen LogP contribution is 2.30. The molecular weight excluding hydrogens is 398 g/mol. The lowest BCUT2D eigenvalue weighted by atomic mass is 10.1. The van der Waals surface area contributed by atoms with Crippen molar-refractivity contribution in [3.8, 4) is 17.2 Å². The summed E-state index contributed by atoms with van der Waals surface area (Å²) in [4.78, 5) is 23.5. The summed E-state index contributed by atoms with van der Waals surface area (Å²) >= 11 is 6.14. The van der Waals surface area contributed by atoms with Gasteiger partial charge in [-0.2, -0.15) is 0 Å². The summed E-state index contributed by atoms with van der Waals surface area (Å²) in [5.41, 5.74) is 6.93. The molecule has 0 bridgehead atoms. The average molecular weight is 422 g/mol. The molecule has 0 aliphatic carbocycles. The number of rotatable bonds is 10. The zero-order chi connectivity index (χ0) is 21.4. The maximum atomic E-state index is 12.1. The molecule has 156 valence electrons. The van der Waals surface area contributed by atoms with Crippen molar-refractivity contribution >= 4 is 29.1 Å². The summed E-state index contributed by atoms with van der Waals surface area (Å²) in [5.74, 6) is 0.709. The normalized spacial score (nSPS) is 10.2. The Morgan fingerprint density at radius 1 is 1.00 bits per heavy atom. The number of hydrogen-bond acceptors (Lipinski definition) is 6. The van der Waals surface area contributed by atoms with Gasteiger partial charge >= 0.3 is 0 Å². The van der Waals surface area contributed by atoms with Crippen molar-refractivity contribution in [3.63, 3.8) is 0 Å². The first-order chi connectivity index (χ1) is 13.9. The smallest absolute Gasteiger partial charge is 0.252 e. The Labute approximate surface area is 174 Å². The number of halogens is 1. The van der Waals surface area contributed by atoms with E-state index in [2.05, 4.69) is 10.6 Å². The van der Waals surface area contributed by atoms with Crippen LogP contribution in [0.3, 0.4) is 0 Å². The van der Waals surface area contributed by atoms with Gasteiger partial charge in [0.1, 0.15) is 5.75 Å². The van der Waals surface area contributed by atoms with Gasteiger partial charge in [0.05, 0.1) is 44.1 Å². The van der Waals surface area contributed by atoms with Crippen molar-refractivity contribution < 1.29 is 23.8 Å². The van der Waals surface area contributed by atoms with E-state index in [9.17, 15) is 9.59 Å². The van der Waals surface area contributed by atoms with Crippen LogP contribution in [0.1, 0.15) is 15.9 Å². The number of benzene rings is 2. The SMILES string of the molecule is COc1ccc(CCNC(=O)CNc2cc(OC)c(C(N)=O)cc2Cl)cc1OC. The fourth-order valence-corrected chi connectivity index (χ4v) is 2.90. The second-order valence-corrected chi connectivity index (χ2v) is 6.45. The maximum Gasteiger partial charge on any atom is 0.252 e. The quantitative estimate of drug-likeness (QED) is 0.542. The van der Waals surface area contributed by atoms with E-state index in [-0.39, 0.29) is 28.8 Å². The van der Waals surface area contributed by atoms with Crippen LogP contribution in [0.2, 0.25) is 5.02 Å². The fraction of sp³-hybridized carbons (Fsp3) is 0.300. The number of amides is 2. The van der Waals surface area contributed by atoms with Crippen molar-refractivity contribution in [1.29, 1.82) is 0 Å². The van der Waals surface area contributed by atoms with Crippen molar-refractivity contribution in [3.05, 3.63) is 46.5 Å². The van der Waals surface area contributed by atoms with Crippen LogP contribution in [0, 0.1) is 0 Å². The topological polar surface area (TPSA) is 112 Å². The monoisotopic (exact) mass is 421 g/mol. The molecule has 8 nitrogen and oxygen atoms in total. The maximum absolute atomic E-state index is 12.1. The van der Waals surface area contributed by atoms with Gasteiger partial charge in [-0.15, -0.1) is 0 Å². The molecule has 29 heavy (non-hydrogen) atoms. The van der Waals surface area contributed by atoms with Crippen molar-refractivity contribution in [2.45, 2.75) is 6.42 Å². The zero-order valence-electron chi connectivity index (χ0n) is 16.5. The first kappa shape index (κ1) is 22.2. The van der Waals surface area contributed by atoms with E-state index in [1.165, 1.54) is 19.2 Å². The van der Waals surface area contributed by atoms with E-state index in [0.29, 0.717) is 30.2 Å². The minimum absolute atomic E-state index is 0.00469. The van der Waals surface area contributed by atoms with E-state index in [1.54, 1.807) is 14.2 Å². The lowest BCUT2D eigenvalue weighted by Crippen LogP contribution is -2.31. The van der Waals surface area contributed by atoms with Gasteiger partial charge in [-0.3, -0.25) is 9.59 Å². The van der Waals surface area contributed by atoms with Crippen LogP contribution >= 0.6 is 11.6 Å². The van der Waals surface area contributed by atoms with E-state index >= 15 is 0 Å². The van der Waals surface area contributed by atoms with Gasteiger partial charge in [-0.05, 0) is 30.2 Å². The van der Waals surface area contributed by atoms with Crippen molar-refractivity contribution in [2.24, 2.45) is 5.73 Å². The van der Waals surface area contributed by atoms with Crippen LogP contribution in [0.5, 0.6) is 17.2 Å². The van der Waals surface area contributed by atoms with Crippen LogP contribution in [-0.4, -0.2) is 46.2 Å². The fourth-order valence-electron chi connectivity index (χ4n) is 2.67. The molecule has 0 heterocycles. The zero-order valence-corrected chi connectivity index (χ0v) is 17.3. The molecule has 2 aromatic carbocycles. The predicted molar refractivity (Wildman–Crippen MR) is 111 cm³/mol. The predicted octanol–water partition coefficient (Wildman–Crippen LogP) is 2.24. The summed E-state index contributed by atoms with van der Waals surface area (Å²) in [6, 6.07) is 8.54.